The third-order valence-electron chi connectivity index (χ3n) is 0.349. The molecule has 0 heterocycles. The van der Waals surface area contributed by atoms with Crippen molar-refractivity contribution in [2.75, 3.05) is 6.61 Å². The van der Waals surface area contributed by atoms with Gasteiger partial charge in [-0.1, -0.05) is 0 Å². The summed E-state index contributed by atoms with van der Waals surface area (Å²) in [5.41, 5.74) is 0. The van der Waals surface area contributed by atoms with Gasteiger partial charge >= 0.3 is 6.36 Å². The van der Waals surface area contributed by atoms with Gasteiger partial charge in [0, 0.05) is 22.6 Å². The van der Waals surface area contributed by atoms with Crippen LogP contribution in [0, 0.1) is 0 Å². The van der Waals surface area contributed by atoms with E-state index >= 15 is 0 Å². The maximum atomic E-state index is 11.0. The molecule has 0 amide bonds. The van der Waals surface area contributed by atoms with Crippen LogP contribution in [0.3, 0.4) is 0 Å². The maximum absolute atomic E-state index is 11.0. The van der Waals surface area contributed by atoms with Crippen LogP contribution < -0.4 is 0 Å². The van der Waals surface area contributed by atoms with Gasteiger partial charge in [-0.15, -0.1) is 13.2 Å². The Kier molecular flexibility index (Phi) is 3.41. The quantitative estimate of drug-likeness (QED) is 0.551. The lowest BCUT2D eigenvalue weighted by Gasteiger charge is -2.02. The van der Waals surface area contributed by atoms with E-state index in [4.69, 9.17) is 0 Å². The number of alkyl halides is 3. The van der Waals surface area contributed by atoms with Crippen molar-refractivity contribution in [1.29, 1.82) is 0 Å². The molecule has 0 aromatic carbocycles. The third kappa shape index (κ3) is 8.15. The molecule has 0 aromatic rings. The second kappa shape index (κ2) is 3.35. The summed E-state index contributed by atoms with van der Waals surface area (Å²) < 4.78 is 35.6. The zero-order valence-corrected chi connectivity index (χ0v) is 6.19. The van der Waals surface area contributed by atoms with Gasteiger partial charge in [-0.3, -0.25) is 9.53 Å². The van der Waals surface area contributed by atoms with Gasteiger partial charge in [0.2, 0.25) is 3.79 Å². The number of hydrogen-bond acceptors (Lipinski definition) is 2. The molecule has 0 radical (unpaired) electrons. The predicted octanol–water partition coefficient (Wildman–Crippen LogP) is 1.48. The van der Waals surface area contributed by atoms with Gasteiger partial charge in [0.05, 0.1) is 0 Å². The molecule has 0 saturated carbocycles. The molecule has 54 valence electrons. The number of ether oxygens (including phenoxy) is 1. The van der Waals surface area contributed by atoms with E-state index in [9.17, 15) is 18.0 Å². The molecule has 0 atom stereocenters. The minimum atomic E-state index is -4.69. The highest BCUT2D eigenvalue weighted by Gasteiger charge is 2.29. The zero-order chi connectivity index (χ0) is 7.49. The molecule has 0 saturated heterocycles. The Balaban J connectivity index is 3.39. The van der Waals surface area contributed by atoms with Crippen LogP contribution in [0.2, 0.25) is 0 Å². The molecule has 0 rings (SSSR count). The fourth-order valence-electron chi connectivity index (χ4n) is 0.139. The Bertz CT molecular complexity index is 110. The van der Waals surface area contributed by atoms with Crippen molar-refractivity contribution in [2.45, 2.75) is 6.36 Å². The summed E-state index contributed by atoms with van der Waals surface area (Å²) in [6.45, 7) is -0.913. The first-order valence-electron chi connectivity index (χ1n) is 1.81. The molecule has 0 aliphatic heterocycles. The van der Waals surface area contributed by atoms with Crippen molar-refractivity contribution in [1.82, 2.24) is 0 Å². The van der Waals surface area contributed by atoms with Gasteiger partial charge in [-0.05, 0) is 0 Å². The lowest BCUT2D eigenvalue weighted by molar-refractivity contribution is -0.319. The smallest absolute Gasteiger partial charge is 0.285 e. The molecule has 0 spiro atoms. The first-order chi connectivity index (χ1) is 3.92. The lowest BCUT2D eigenvalue weighted by atomic mass is 10.8. The molecule has 0 bridgehead atoms. The Morgan fingerprint density at radius 1 is 1.56 bits per heavy atom. The van der Waals surface area contributed by atoms with Crippen molar-refractivity contribution in [3.8, 4) is 0 Å². The number of halogens is 4. The largest absolute Gasteiger partial charge is 0.522 e. The summed E-state index contributed by atoms with van der Waals surface area (Å²) in [4.78, 5) is 9.85. The average Bonchev–Trinajstić information content (AvgIpc) is 1.59. The number of rotatable bonds is 2. The molecule has 6 heteroatoms. The predicted molar refractivity (Wildman–Crippen MR) is 31.0 cm³/mol. The van der Waals surface area contributed by atoms with Crippen LogP contribution in [-0.2, 0) is 9.53 Å². The van der Waals surface area contributed by atoms with Gasteiger partial charge in [-0.2, -0.15) is 0 Å². The number of carbonyl (C=O) groups excluding carboxylic acids is 1. The monoisotopic (exact) mass is 254 g/mol. The summed E-state index contributed by atoms with van der Waals surface area (Å²) in [7, 11) is 0. The minimum absolute atomic E-state index is 0.676. The van der Waals surface area contributed by atoms with Crippen LogP contribution in [0.5, 0.6) is 0 Å². The van der Waals surface area contributed by atoms with E-state index in [0.717, 1.165) is 0 Å². The molecule has 0 aliphatic rings. The first-order valence-corrected chi connectivity index (χ1v) is 2.89. The standard InChI is InChI=1S/C3H2F3IO2/c4-3(5,6)9-1-2(7)8/h1H2. The van der Waals surface area contributed by atoms with Crippen molar-refractivity contribution in [2.24, 2.45) is 0 Å². The van der Waals surface area contributed by atoms with E-state index in [2.05, 4.69) is 4.74 Å². The second-order valence-corrected chi connectivity index (χ2v) is 2.29. The Labute approximate surface area is 62.5 Å². The van der Waals surface area contributed by atoms with Crippen molar-refractivity contribution in [3.63, 3.8) is 0 Å². The Hall–Kier alpha value is 0.150. The van der Waals surface area contributed by atoms with Crippen LogP contribution in [0.4, 0.5) is 13.2 Å². The van der Waals surface area contributed by atoms with Gasteiger partial charge in [0.15, 0.2) is 0 Å². The van der Waals surface area contributed by atoms with Crippen LogP contribution in [0.25, 0.3) is 0 Å². The molecular weight excluding hydrogens is 252 g/mol. The topological polar surface area (TPSA) is 26.3 Å². The van der Waals surface area contributed by atoms with E-state index in [-0.39, 0.29) is 0 Å². The minimum Gasteiger partial charge on any atom is -0.285 e. The maximum Gasteiger partial charge on any atom is 0.522 e. The molecule has 0 unspecified atom stereocenters. The highest BCUT2D eigenvalue weighted by molar-refractivity contribution is 14.1. The van der Waals surface area contributed by atoms with E-state index in [0.29, 0.717) is 0 Å². The fourth-order valence-corrected chi connectivity index (χ4v) is 0.294. The SMILES string of the molecule is O=C(I)COC(F)(F)F. The summed E-state index contributed by atoms with van der Waals surface area (Å²) in [5.74, 6) is 0. The Morgan fingerprint density at radius 2 is 2.00 bits per heavy atom. The van der Waals surface area contributed by atoms with Crippen LogP contribution in [0.1, 0.15) is 0 Å². The van der Waals surface area contributed by atoms with Crippen LogP contribution >= 0.6 is 22.6 Å². The summed E-state index contributed by atoms with van der Waals surface area (Å²) in [5, 5.41) is 0. The molecule has 0 aromatic heterocycles. The van der Waals surface area contributed by atoms with Crippen molar-refractivity contribution >= 4 is 26.4 Å². The normalized spacial score (nSPS) is 11.6. The highest BCUT2D eigenvalue weighted by Crippen LogP contribution is 2.15. The van der Waals surface area contributed by atoms with Crippen LogP contribution in [0.15, 0.2) is 0 Å². The average molecular weight is 254 g/mol. The van der Waals surface area contributed by atoms with Gasteiger partial charge in [-0.25, -0.2) is 0 Å². The fraction of sp³-hybridized carbons (Fsp3) is 0.667. The number of carbonyl (C=O) groups is 1. The van der Waals surface area contributed by atoms with Gasteiger partial charge in [0.25, 0.3) is 0 Å². The van der Waals surface area contributed by atoms with Crippen LogP contribution in [-0.4, -0.2) is 16.8 Å². The van der Waals surface area contributed by atoms with Gasteiger partial charge in [0.1, 0.15) is 6.61 Å². The second-order valence-electron chi connectivity index (χ2n) is 1.09. The number of hydrogen-bond donors (Lipinski definition) is 0. The van der Waals surface area contributed by atoms with E-state index in [1.807, 2.05) is 0 Å². The lowest BCUT2D eigenvalue weighted by Crippen LogP contribution is -2.16. The first kappa shape index (κ1) is 9.15. The molecule has 0 aliphatic carbocycles. The van der Waals surface area contributed by atoms with E-state index in [1.54, 1.807) is 0 Å². The molecule has 2 nitrogen and oxygen atoms in total. The highest BCUT2D eigenvalue weighted by atomic mass is 127. The zero-order valence-electron chi connectivity index (χ0n) is 4.04. The molecule has 9 heavy (non-hydrogen) atoms. The third-order valence-corrected chi connectivity index (χ3v) is 0.661. The van der Waals surface area contributed by atoms with E-state index < -0.39 is 16.8 Å². The summed E-state index contributed by atoms with van der Waals surface area (Å²) in [6, 6.07) is 0. The molecular formula is C3H2F3IO2. The van der Waals surface area contributed by atoms with Gasteiger partial charge < -0.3 is 0 Å². The molecule has 0 N–H and O–H groups in total. The van der Waals surface area contributed by atoms with E-state index in [1.165, 1.54) is 22.6 Å². The van der Waals surface area contributed by atoms with Crippen molar-refractivity contribution in [3.05, 3.63) is 0 Å². The molecule has 0 fully saturated rings. The summed E-state index contributed by atoms with van der Waals surface area (Å²) >= 11 is 1.22. The Morgan fingerprint density at radius 3 is 2.11 bits per heavy atom. The summed E-state index contributed by atoms with van der Waals surface area (Å²) in [6.07, 6.45) is -4.69. The van der Waals surface area contributed by atoms with Crippen molar-refractivity contribution < 1.29 is 22.7 Å².